The van der Waals surface area contributed by atoms with Crippen LogP contribution in [-0.2, 0) is 14.4 Å². The predicted molar refractivity (Wildman–Crippen MR) is 61.4 cm³/mol. The highest BCUT2D eigenvalue weighted by molar-refractivity contribution is 5.87. The number of hydrogen-bond acceptors (Lipinski definition) is 4. The quantitative estimate of drug-likeness (QED) is 0.443. The van der Waals surface area contributed by atoms with Gasteiger partial charge in [-0.3, -0.25) is 14.4 Å². The molecule has 0 unspecified atom stereocenters. The van der Waals surface area contributed by atoms with Crippen molar-refractivity contribution >= 4 is 23.9 Å². The van der Waals surface area contributed by atoms with Crippen LogP contribution in [0.15, 0.2) is 0 Å². The summed E-state index contributed by atoms with van der Waals surface area (Å²) in [5.74, 6) is -3.06. The van der Waals surface area contributed by atoms with E-state index in [1.54, 1.807) is 0 Å². The summed E-state index contributed by atoms with van der Waals surface area (Å²) >= 11 is 0. The number of rotatable bonds is 7. The summed E-state index contributed by atoms with van der Waals surface area (Å²) in [6.07, 6.45) is 1.81. The summed E-state index contributed by atoms with van der Waals surface area (Å²) in [4.78, 5) is 44.4. The number of urea groups is 1. The average molecular weight is 273 g/mol. The zero-order valence-electron chi connectivity index (χ0n) is 10.1. The van der Waals surface area contributed by atoms with Gasteiger partial charge in [-0.05, 0) is 12.8 Å². The molecule has 0 aromatic carbocycles. The molecule has 1 saturated carbocycles. The highest BCUT2D eigenvalue weighted by Gasteiger charge is 2.24. The summed E-state index contributed by atoms with van der Waals surface area (Å²) in [5, 5.41) is 21.9. The maximum absolute atomic E-state index is 11.5. The SMILES string of the molecule is O=C(O)CN(CC(=O)O)C(=O)NCC(=O)NC1CC1. The summed E-state index contributed by atoms with van der Waals surface area (Å²) in [6, 6.07) is -0.755. The van der Waals surface area contributed by atoms with Gasteiger partial charge in [-0.2, -0.15) is 0 Å². The van der Waals surface area contributed by atoms with Gasteiger partial charge >= 0.3 is 18.0 Å². The summed E-state index contributed by atoms with van der Waals surface area (Å²) in [6.45, 7) is -1.81. The normalized spacial score (nSPS) is 13.5. The maximum atomic E-state index is 11.5. The van der Waals surface area contributed by atoms with Crippen molar-refractivity contribution in [1.29, 1.82) is 0 Å². The van der Waals surface area contributed by atoms with E-state index in [1.807, 2.05) is 0 Å². The fraction of sp³-hybridized carbons (Fsp3) is 0.600. The molecule has 19 heavy (non-hydrogen) atoms. The lowest BCUT2D eigenvalue weighted by atomic mass is 10.4. The number of nitrogens with one attached hydrogen (secondary N) is 2. The van der Waals surface area contributed by atoms with Crippen LogP contribution < -0.4 is 10.6 Å². The second-order valence-electron chi connectivity index (χ2n) is 4.14. The van der Waals surface area contributed by atoms with Gasteiger partial charge < -0.3 is 25.7 Å². The third kappa shape index (κ3) is 6.24. The second-order valence-corrected chi connectivity index (χ2v) is 4.14. The molecule has 3 amide bonds. The van der Waals surface area contributed by atoms with Crippen molar-refractivity contribution in [3.8, 4) is 0 Å². The van der Waals surface area contributed by atoms with E-state index in [1.165, 1.54) is 0 Å². The number of aliphatic carboxylic acids is 2. The molecule has 0 bridgehead atoms. The summed E-state index contributed by atoms with van der Waals surface area (Å²) in [5.41, 5.74) is 0. The molecule has 9 heteroatoms. The lowest BCUT2D eigenvalue weighted by Gasteiger charge is -2.18. The molecule has 1 rings (SSSR count). The second kappa shape index (κ2) is 6.57. The first-order chi connectivity index (χ1) is 8.88. The van der Waals surface area contributed by atoms with Gasteiger partial charge in [-0.25, -0.2) is 4.79 Å². The summed E-state index contributed by atoms with van der Waals surface area (Å²) in [7, 11) is 0. The Morgan fingerprint density at radius 3 is 2.00 bits per heavy atom. The van der Waals surface area contributed by atoms with Gasteiger partial charge in [0.25, 0.3) is 0 Å². The van der Waals surface area contributed by atoms with E-state index >= 15 is 0 Å². The predicted octanol–water partition coefficient (Wildman–Crippen LogP) is -1.55. The first kappa shape index (κ1) is 14.7. The smallest absolute Gasteiger partial charge is 0.323 e. The molecule has 0 heterocycles. The van der Waals surface area contributed by atoms with Gasteiger partial charge in [0.05, 0.1) is 6.54 Å². The zero-order valence-corrected chi connectivity index (χ0v) is 10.1. The van der Waals surface area contributed by atoms with Crippen LogP contribution in [0.2, 0.25) is 0 Å². The number of carboxylic acids is 2. The highest BCUT2D eigenvalue weighted by atomic mass is 16.4. The van der Waals surface area contributed by atoms with Gasteiger partial charge in [0, 0.05) is 6.04 Å². The van der Waals surface area contributed by atoms with E-state index in [0.717, 1.165) is 12.8 Å². The van der Waals surface area contributed by atoms with Crippen LogP contribution >= 0.6 is 0 Å². The largest absolute Gasteiger partial charge is 0.480 e. The van der Waals surface area contributed by atoms with E-state index in [-0.39, 0.29) is 18.5 Å². The number of hydrogen-bond donors (Lipinski definition) is 4. The molecule has 0 aromatic rings. The first-order valence-electron chi connectivity index (χ1n) is 5.64. The van der Waals surface area contributed by atoms with Crippen molar-refractivity contribution in [1.82, 2.24) is 15.5 Å². The molecule has 1 fully saturated rings. The Morgan fingerprint density at radius 2 is 1.58 bits per heavy atom. The van der Waals surface area contributed by atoms with Crippen molar-refractivity contribution in [2.24, 2.45) is 0 Å². The third-order valence-corrected chi connectivity index (χ3v) is 2.28. The molecule has 0 atom stereocenters. The molecule has 1 aliphatic rings. The summed E-state index contributed by atoms with van der Waals surface area (Å²) < 4.78 is 0. The van der Waals surface area contributed by atoms with Crippen molar-refractivity contribution in [3.05, 3.63) is 0 Å². The van der Waals surface area contributed by atoms with Crippen LogP contribution in [0, 0.1) is 0 Å². The Kier molecular flexibility index (Phi) is 5.10. The topological polar surface area (TPSA) is 136 Å². The van der Waals surface area contributed by atoms with Crippen molar-refractivity contribution < 1.29 is 29.4 Å². The standard InChI is InChI=1S/C10H15N3O6/c14-7(12-6-1-2-6)3-11-10(19)13(4-8(15)16)5-9(17)18/h6H,1-5H2,(H,11,19)(H,12,14)(H,15,16)(H,17,18). The van der Waals surface area contributed by atoms with Gasteiger partial charge in [0.15, 0.2) is 0 Å². The Balaban J connectivity index is 2.38. The molecule has 4 N–H and O–H groups in total. The number of carboxylic acid groups (broad SMARTS) is 2. The third-order valence-electron chi connectivity index (χ3n) is 2.28. The van der Waals surface area contributed by atoms with E-state index in [2.05, 4.69) is 10.6 Å². The van der Waals surface area contributed by atoms with Crippen molar-refractivity contribution in [3.63, 3.8) is 0 Å². The molecule has 0 saturated heterocycles. The lowest BCUT2D eigenvalue weighted by molar-refractivity contribution is -0.140. The van der Waals surface area contributed by atoms with E-state index < -0.39 is 31.1 Å². The van der Waals surface area contributed by atoms with Crippen LogP contribution in [0.1, 0.15) is 12.8 Å². The number of amides is 3. The monoisotopic (exact) mass is 273 g/mol. The molecule has 0 spiro atoms. The molecular formula is C10H15N3O6. The number of nitrogens with zero attached hydrogens (tertiary/aromatic N) is 1. The number of carbonyl (C=O) groups is 4. The maximum Gasteiger partial charge on any atom is 0.323 e. The minimum Gasteiger partial charge on any atom is -0.480 e. The first-order valence-corrected chi connectivity index (χ1v) is 5.64. The van der Waals surface area contributed by atoms with Gasteiger partial charge in [0.2, 0.25) is 5.91 Å². The number of carbonyl (C=O) groups excluding carboxylic acids is 2. The Bertz CT molecular complexity index is 377. The van der Waals surface area contributed by atoms with Gasteiger partial charge in [-0.15, -0.1) is 0 Å². The van der Waals surface area contributed by atoms with Crippen LogP contribution in [0.5, 0.6) is 0 Å². The molecule has 9 nitrogen and oxygen atoms in total. The van der Waals surface area contributed by atoms with Crippen LogP contribution in [-0.4, -0.2) is 64.7 Å². The zero-order chi connectivity index (χ0) is 14.4. The molecule has 0 aliphatic heterocycles. The Labute approximate surface area is 108 Å². The van der Waals surface area contributed by atoms with Crippen LogP contribution in [0.25, 0.3) is 0 Å². The Hall–Kier alpha value is -2.32. The van der Waals surface area contributed by atoms with E-state index in [4.69, 9.17) is 10.2 Å². The average Bonchev–Trinajstić information content (AvgIpc) is 3.07. The molecule has 106 valence electrons. The molecular weight excluding hydrogens is 258 g/mol. The fourth-order valence-electron chi connectivity index (χ4n) is 1.30. The van der Waals surface area contributed by atoms with E-state index in [0.29, 0.717) is 4.90 Å². The van der Waals surface area contributed by atoms with Gasteiger partial charge in [0.1, 0.15) is 13.1 Å². The van der Waals surface area contributed by atoms with Gasteiger partial charge in [-0.1, -0.05) is 0 Å². The molecule has 1 aliphatic carbocycles. The highest BCUT2D eigenvalue weighted by Crippen LogP contribution is 2.18. The van der Waals surface area contributed by atoms with E-state index in [9.17, 15) is 19.2 Å². The van der Waals surface area contributed by atoms with Crippen LogP contribution in [0.3, 0.4) is 0 Å². The minimum absolute atomic E-state index is 0.151. The van der Waals surface area contributed by atoms with Crippen molar-refractivity contribution in [2.75, 3.05) is 19.6 Å². The fourth-order valence-corrected chi connectivity index (χ4v) is 1.30. The lowest BCUT2D eigenvalue weighted by Crippen LogP contribution is -2.48. The Morgan fingerprint density at radius 1 is 1.05 bits per heavy atom. The van der Waals surface area contributed by atoms with Crippen molar-refractivity contribution in [2.45, 2.75) is 18.9 Å². The molecule has 0 radical (unpaired) electrons. The molecule has 0 aromatic heterocycles. The van der Waals surface area contributed by atoms with Crippen LogP contribution in [0.4, 0.5) is 4.79 Å². The minimum atomic E-state index is -1.33.